The summed E-state index contributed by atoms with van der Waals surface area (Å²) in [6.07, 6.45) is 5.78. The first-order chi connectivity index (χ1) is 15.1. The Hall–Kier alpha value is -2.60. The first-order valence-electron chi connectivity index (χ1n) is 10.2. The molecule has 2 aromatic rings. The standard InChI is InChI=1S/C24H23Cl2N3O2/c25-20-8-9-21(22(26)15-20)24(30)28-27-16-19-7-6-18(14-17-4-2-1-3-5-17)23(19)29-10-12-31-13-11-29/h1-5,8-9,14-16H,6-7,10-13H2,(H,28,30)/b18-14+,27-16+. The topological polar surface area (TPSA) is 53.9 Å². The van der Waals surface area contributed by atoms with Crippen LogP contribution in [0.2, 0.25) is 10.0 Å². The number of benzene rings is 2. The molecule has 1 aliphatic heterocycles. The highest BCUT2D eigenvalue weighted by atomic mass is 35.5. The van der Waals surface area contributed by atoms with Gasteiger partial charge in [-0.2, -0.15) is 5.10 Å². The van der Waals surface area contributed by atoms with Crippen molar-refractivity contribution in [3.63, 3.8) is 0 Å². The van der Waals surface area contributed by atoms with Crippen LogP contribution in [0.25, 0.3) is 6.08 Å². The molecule has 0 atom stereocenters. The highest BCUT2D eigenvalue weighted by Crippen LogP contribution is 2.35. The number of hydrogen-bond donors (Lipinski definition) is 1. The van der Waals surface area contributed by atoms with Gasteiger partial charge in [-0.3, -0.25) is 4.79 Å². The number of ether oxygens (including phenoxy) is 1. The smallest absolute Gasteiger partial charge is 0.272 e. The molecule has 1 saturated heterocycles. The summed E-state index contributed by atoms with van der Waals surface area (Å²) in [4.78, 5) is 14.8. The lowest BCUT2D eigenvalue weighted by molar-refractivity contribution is 0.0548. The Labute approximate surface area is 192 Å². The molecule has 0 aromatic heterocycles. The van der Waals surface area contributed by atoms with Crippen molar-refractivity contribution in [1.82, 2.24) is 10.3 Å². The van der Waals surface area contributed by atoms with E-state index in [1.165, 1.54) is 16.8 Å². The number of allylic oxidation sites excluding steroid dienone is 2. The molecule has 0 radical (unpaired) electrons. The van der Waals surface area contributed by atoms with Crippen LogP contribution in [0.3, 0.4) is 0 Å². The molecule has 1 N–H and O–H groups in total. The number of hydrazone groups is 1. The summed E-state index contributed by atoms with van der Waals surface area (Å²) in [7, 11) is 0. The van der Waals surface area contributed by atoms with Crippen molar-refractivity contribution in [3.05, 3.63) is 86.5 Å². The highest BCUT2D eigenvalue weighted by molar-refractivity contribution is 6.36. The zero-order chi connectivity index (χ0) is 21.6. The van der Waals surface area contributed by atoms with Crippen LogP contribution < -0.4 is 5.43 Å². The molecule has 0 unspecified atom stereocenters. The molecule has 4 rings (SSSR count). The van der Waals surface area contributed by atoms with Crippen molar-refractivity contribution in [1.29, 1.82) is 0 Å². The van der Waals surface area contributed by atoms with Gasteiger partial charge in [0, 0.05) is 23.8 Å². The molecule has 1 heterocycles. The van der Waals surface area contributed by atoms with E-state index in [0.29, 0.717) is 28.8 Å². The second-order valence-electron chi connectivity index (χ2n) is 7.38. The third kappa shape index (κ3) is 5.37. The predicted octanol–water partition coefficient (Wildman–Crippen LogP) is 5.17. The number of nitrogens with zero attached hydrogens (tertiary/aromatic N) is 2. The molecule has 7 heteroatoms. The number of morpholine rings is 1. The number of amides is 1. The first-order valence-corrected chi connectivity index (χ1v) is 11.0. The lowest BCUT2D eigenvalue weighted by Crippen LogP contribution is -2.36. The lowest BCUT2D eigenvalue weighted by atomic mass is 10.1. The van der Waals surface area contributed by atoms with Gasteiger partial charge in [0.15, 0.2) is 0 Å². The molecule has 2 aliphatic rings. The second-order valence-corrected chi connectivity index (χ2v) is 8.22. The SMILES string of the molecule is O=C(N/N=C/C1=C(N2CCOCC2)C(=C/c2ccccc2)/CC1)c1ccc(Cl)cc1Cl. The maximum atomic E-state index is 12.4. The lowest BCUT2D eigenvalue weighted by Gasteiger charge is -2.31. The van der Waals surface area contributed by atoms with Crippen LogP contribution in [0.5, 0.6) is 0 Å². The molecular weight excluding hydrogens is 433 g/mol. The number of nitrogens with one attached hydrogen (secondary N) is 1. The van der Waals surface area contributed by atoms with Gasteiger partial charge in [-0.25, -0.2) is 5.43 Å². The van der Waals surface area contributed by atoms with Crippen molar-refractivity contribution >= 4 is 41.4 Å². The van der Waals surface area contributed by atoms with Crippen molar-refractivity contribution in [2.24, 2.45) is 5.10 Å². The van der Waals surface area contributed by atoms with Crippen LogP contribution in [0.1, 0.15) is 28.8 Å². The summed E-state index contributed by atoms with van der Waals surface area (Å²) < 4.78 is 5.53. The molecule has 2 aromatic carbocycles. The van der Waals surface area contributed by atoms with Crippen LogP contribution in [0.4, 0.5) is 0 Å². The Morgan fingerprint density at radius 1 is 1.06 bits per heavy atom. The van der Waals surface area contributed by atoms with Crippen molar-refractivity contribution in [2.75, 3.05) is 26.3 Å². The number of halogens is 2. The number of rotatable bonds is 5. The minimum Gasteiger partial charge on any atom is -0.378 e. The summed E-state index contributed by atoms with van der Waals surface area (Å²) in [6.45, 7) is 3.09. The van der Waals surface area contributed by atoms with Gasteiger partial charge in [-0.15, -0.1) is 0 Å². The average Bonchev–Trinajstić information content (AvgIpc) is 3.17. The second kappa shape index (κ2) is 10.1. The van der Waals surface area contributed by atoms with E-state index in [9.17, 15) is 4.79 Å². The normalized spacial score (nSPS) is 18.3. The highest BCUT2D eigenvalue weighted by Gasteiger charge is 2.25. The van der Waals surface area contributed by atoms with Crippen molar-refractivity contribution in [3.8, 4) is 0 Å². The molecule has 0 spiro atoms. The van der Waals surface area contributed by atoms with Gasteiger partial charge in [-0.1, -0.05) is 53.5 Å². The number of hydrogen-bond acceptors (Lipinski definition) is 4. The van der Waals surface area contributed by atoms with E-state index in [4.69, 9.17) is 27.9 Å². The van der Waals surface area contributed by atoms with E-state index in [0.717, 1.165) is 31.5 Å². The third-order valence-electron chi connectivity index (χ3n) is 5.30. The fourth-order valence-corrected chi connectivity index (χ4v) is 4.32. The van der Waals surface area contributed by atoms with Crippen LogP contribution in [-0.2, 0) is 4.74 Å². The molecule has 1 amide bonds. The zero-order valence-electron chi connectivity index (χ0n) is 17.0. The van der Waals surface area contributed by atoms with Crippen LogP contribution in [-0.4, -0.2) is 43.3 Å². The van der Waals surface area contributed by atoms with Gasteiger partial charge in [0.1, 0.15) is 0 Å². The van der Waals surface area contributed by atoms with E-state index in [1.54, 1.807) is 24.4 Å². The van der Waals surface area contributed by atoms with Gasteiger partial charge < -0.3 is 9.64 Å². The Kier molecular flexibility index (Phi) is 7.07. The Morgan fingerprint density at radius 3 is 2.58 bits per heavy atom. The zero-order valence-corrected chi connectivity index (χ0v) is 18.5. The molecule has 1 fully saturated rings. The first kappa shape index (κ1) is 21.6. The fraction of sp³-hybridized carbons (Fsp3) is 0.250. The molecule has 160 valence electrons. The van der Waals surface area contributed by atoms with E-state index < -0.39 is 0 Å². The summed E-state index contributed by atoms with van der Waals surface area (Å²) >= 11 is 12.0. The third-order valence-corrected chi connectivity index (χ3v) is 5.85. The summed E-state index contributed by atoms with van der Waals surface area (Å²) in [5.41, 5.74) is 7.66. The van der Waals surface area contributed by atoms with Gasteiger partial charge in [-0.05, 0) is 53.8 Å². The molecule has 0 saturated carbocycles. The summed E-state index contributed by atoms with van der Waals surface area (Å²) in [6, 6.07) is 15.1. The number of carbonyl (C=O) groups excluding carboxylic acids is 1. The van der Waals surface area contributed by atoms with E-state index >= 15 is 0 Å². The van der Waals surface area contributed by atoms with Crippen molar-refractivity contribution in [2.45, 2.75) is 12.8 Å². The molecule has 0 bridgehead atoms. The van der Waals surface area contributed by atoms with Crippen LogP contribution >= 0.6 is 23.2 Å². The van der Waals surface area contributed by atoms with E-state index in [-0.39, 0.29) is 5.91 Å². The van der Waals surface area contributed by atoms with Gasteiger partial charge in [0.2, 0.25) is 0 Å². The minimum atomic E-state index is -0.371. The number of carbonyl (C=O) groups is 1. The quantitative estimate of drug-likeness (QED) is 0.499. The largest absolute Gasteiger partial charge is 0.378 e. The summed E-state index contributed by atoms with van der Waals surface area (Å²) in [5.74, 6) is -0.371. The molecule has 1 aliphatic carbocycles. The molecular formula is C24H23Cl2N3O2. The predicted molar refractivity (Wildman–Crippen MR) is 125 cm³/mol. The monoisotopic (exact) mass is 455 g/mol. The Bertz CT molecular complexity index is 1040. The Balaban J connectivity index is 1.56. The van der Waals surface area contributed by atoms with Crippen LogP contribution in [0, 0.1) is 0 Å². The molecule has 31 heavy (non-hydrogen) atoms. The van der Waals surface area contributed by atoms with E-state index in [2.05, 4.69) is 33.6 Å². The maximum absolute atomic E-state index is 12.4. The average molecular weight is 456 g/mol. The molecule has 5 nitrogen and oxygen atoms in total. The summed E-state index contributed by atoms with van der Waals surface area (Å²) in [5, 5.41) is 5.00. The maximum Gasteiger partial charge on any atom is 0.272 e. The van der Waals surface area contributed by atoms with Gasteiger partial charge in [0.05, 0.1) is 30.0 Å². The minimum absolute atomic E-state index is 0.294. The van der Waals surface area contributed by atoms with Crippen LogP contribution in [0.15, 0.2) is 70.5 Å². The van der Waals surface area contributed by atoms with Crippen molar-refractivity contribution < 1.29 is 9.53 Å². The van der Waals surface area contributed by atoms with E-state index in [1.807, 2.05) is 18.2 Å². The fourth-order valence-electron chi connectivity index (χ4n) is 3.82. The van der Waals surface area contributed by atoms with Gasteiger partial charge >= 0.3 is 0 Å². The Morgan fingerprint density at radius 2 is 1.84 bits per heavy atom. The van der Waals surface area contributed by atoms with Gasteiger partial charge in [0.25, 0.3) is 5.91 Å².